The molecule has 0 aliphatic carbocycles. The molecule has 0 saturated carbocycles. The van der Waals surface area contributed by atoms with Crippen molar-refractivity contribution in [3.63, 3.8) is 0 Å². The summed E-state index contributed by atoms with van der Waals surface area (Å²) in [6, 6.07) is 26.7. The zero-order valence-electron chi connectivity index (χ0n) is 19.9. The van der Waals surface area contributed by atoms with Crippen LogP contribution in [0, 0.1) is 0 Å². The summed E-state index contributed by atoms with van der Waals surface area (Å²) in [5.74, 6) is 1.88. The molecule has 4 rings (SSSR count). The van der Waals surface area contributed by atoms with Gasteiger partial charge >= 0.3 is 0 Å². The zero-order valence-corrected chi connectivity index (χ0v) is 19.9. The SMILES string of the molecule is COc1cccc(Oc2c(CN(C(=O)c3ccccc3)C(C)C)c(-c3ccccc3)nn2C)c1. The second-order valence-corrected chi connectivity index (χ2v) is 8.30. The van der Waals surface area contributed by atoms with Crippen LogP contribution in [0.3, 0.4) is 0 Å². The largest absolute Gasteiger partial charge is 0.497 e. The Labute approximate surface area is 200 Å². The van der Waals surface area contributed by atoms with Gasteiger partial charge in [-0.1, -0.05) is 54.6 Å². The molecule has 6 nitrogen and oxygen atoms in total. The van der Waals surface area contributed by atoms with Gasteiger partial charge in [0.1, 0.15) is 17.2 Å². The van der Waals surface area contributed by atoms with Crippen LogP contribution < -0.4 is 9.47 Å². The first kappa shape index (κ1) is 23.1. The van der Waals surface area contributed by atoms with Crippen LogP contribution in [0.25, 0.3) is 11.3 Å². The summed E-state index contributed by atoms with van der Waals surface area (Å²) in [5, 5.41) is 4.79. The number of carbonyl (C=O) groups excluding carboxylic acids is 1. The van der Waals surface area contributed by atoms with Gasteiger partial charge in [0.05, 0.1) is 19.2 Å². The molecule has 0 spiro atoms. The van der Waals surface area contributed by atoms with Crippen LogP contribution in [-0.4, -0.2) is 33.7 Å². The molecule has 0 atom stereocenters. The lowest BCUT2D eigenvalue weighted by Crippen LogP contribution is -2.36. The van der Waals surface area contributed by atoms with Gasteiger partial charge in [0.2, 0.25) is 5.88 Å². The fourth-order valence-corrected chi connectivity index (χ4v) is 3.83. The summed E-state index contributed by atoms with van der Waals surface area (Å²) in [5.41, 5.74) is 3.24. The van der Waals surface area contributed by atoms with E-state index in [1.165, 1.54) is 0 Å². The van der Waals surface area contributed by atoms with Crippen molar-refractivity contribution in [2.75, 3.05) is 7.11 Å². The first-order valence-electron chi connectivity index (χ1n) is 11.3. The molecular formula is C28H29N3O3. The molecule has 0 saturated heterocycles. The molecule has 0 fully saturated rings. The normalized spacial score (nSPS) is 10.9. The smallest absolute Gasteiger partial charge is 0.254 e. The molecule has 0 radical (unpaired) electrons. The lowest BCUT2D eigenvalue weighted by atomic mass is 10.1. The molecule has 0 aliphatic heterocycles. The van der Waals surface area contributed by atoms with Crippen molar-refractivity contribution in [3.8, 4) is 28.6 Å². The molecule has 6 heteroatoms. The number of ether oxygens (including phenoxy) is 2. The Kier molecular flexibility index (Phi) is 6.97. The van der Waals surface area contributed by atoms with Gasteiger partial charge in [0.15, 0.2) is 0 Å². The van der Waals surface area contributed by atoms with E-state index in [1.54, 1.807) is 11.8 Å². The van der Waals surface area contributed by atoms with E-state index in [0.29, 0.717) is 29.5 Å². The fraction of sp³-hybridized carbons (Fsp3) is 0.214. The third kappa shape index (κ3) is 4.96. The molecule has 4 aromatic rings. The summed E-state index contributed by atoms with van der Waals surface area (Å²) < 4.78 is 13.4. The second-order valence-electron chi connectivity index (χ2n) is 8.30. The van der Waals surface area contributed by atoms with E-state index in [4.69, 9.17) is 14.6 Å². The third-order valence-corrected chi connectivity index (χ3v) is 5.62. The van der Waals surface area contributed by atoms with Crippen molar-refractivity contribution < 1.29 is 14.3 Å². The van der Waals surface area contributed by atoms with Crippen molar-refractivity contribution >= 4 is 5.91 Å². The highest BCUT2D eigenvalue weighted by atomic mass is 16.5. The summed E-state index contributed by atoms with van der Waals surface area (Å²) in [4.78, 5) is 15.3. The number of amides is 1. The number of aromatic nitrogens is 2. The molecule has 174 valence electrons. The molecule has 0 aliphatic rings. The van der Waals surface area contributed by atoms with Crippen molar-refractivity contribution in [1.82, 2.24) is 14.7 Å². The lowest BCUT2D eigenvalue weighted by molar-refractivity contribution is 0.0689. The van der Waals surface area contributed by atoms with Crippen LogP contribution in [0.1, 0.15) is 29.8 Å². The van der Waals surface area contributed by atoms with Gasteiger partial charge in [-0.2, -0.15) is 5.10 Å². The number of rotatable bonds is 8. The van der Waals surface area contributed by atoms with Gasteiger partial charge in [0, 0.05) is 30.3 Å². The van der Waals surface area contributed by atoms with Crippen LogP contribution in [0.5, 0.6) is 17.4 Å². The number of benzene rings is 3. The number of hydrogen-bond acceptors (Lipinski definition) is 4. The number of hydrogen-bond donors (Lipinski definition) is 0. The predicted molar refractivity (Wildman–Crippen MR) is 133 cm³/mol. The van der Waals surface area contributed by atoms with E-state index in [9.17, 15) is 4.79 Å². The van der Waals surface area contributed by atoms with Crippen molar-refractivity contribution in [2.45, 2.75) is 26.4 Å². The fourth-order valence-electron chi connectivity index (χ4n) is 3.83. The summed E-state index contributed by atoms with van der Waals surface area (Å²) in [7, 11) is 3.47. The average molecular weight is 456 g/mol. The van der Waals surface area contributed by atoms with Gasteiger partial charge in [0.25, 0.3) is 5.91 Å². The van der Waals surface area contributed by atoms with Crippen LogP contribution in [0.2, 0.25) is 0 Å². The highest BCUT2D eigenvalue weighted by Crippen LogP contribution is 2.35. The Morgan fingerprint density at radius 2 is 1.59 bits per heavy atom. The van der Waals surface area contributed by atoms with Crippen LogP contribution in [0.4, 0.5) is 0 Å². The standard InChI is InChI=1S/C28H29N3O3/c1-20(2)31(27(32)22-14-9-6-10-15-22)19-25-26(21-12-7-5-8-13-21)29-30(3)28(25)34-24-17-11-16-23(18-24)33-4/h5-18,20H,19H2,1-4H3. The maximum absolute atomic E-state index is 13.4. The van der Waals surface area contributed by atoms with Gasteiger partial charge in [-0.3, -0.25) is 4.79 Å². The highest BCUT2D eigenvalue weighted by Gasteiger charge is 2.26. The summed E-state index contributed by atoms with van der Waals surface area (Å²) >= 11 is 0. The van der Waals surface area contributed by atoms with E-state index >= 15 is 0 Å². The minimum Gasteiger partial charge on any atom is -0.497 e. The Morgan fingerprint density at radius 1 is 0.941 bits per heavy atom. The van der Waals surface area contributed by atoms with Gasteiger partial charge < -0.3 is 14.4 Å². The zero-order chi connectivity index (χ0) is 24.1. The second kappa shape index (κ2) is 10.3. The van der Waals surface area contributed by atoms with Crippen molar-refractivity contribution in [1.29, 1.82) is 0 Å². The minimum absolute atomic E-state index is 0.0267. The lowest BCUT2D eigenvalue weighted by Gasteiger charge is -2.27. The van der Waals surface area contributed by atoms with Gasteiger partial charge in [-0.05, 0) is 38.1 Å². The molecule has 0 bridgehead atoms. The van der Waals surface area contributed by atoms with E-state index in [0.717, 1.165) is 16.8 Å². The Hall–Kier alpha value is -4.06. The Bertz CT molecular complexity index is 1250. The van der Waals surface area contributed by atoms with E-state index in [-0.39, 0.29) is 11.9 Å². The number of carbonyl (C=O) groups is 1. The average Bonchev–Trinajstić information content (AvgIpc) is 3.17. The molecule has 0 unspecified atom stereocenters. The van der Waals surface area contributed by atoms with Crippen molar-refractivity contribution in [3.05, 3.63) is 96.1 Å². The maximum Gasteiger partial charge on any atom is 0.254 e. The first-order valence-corrected chi connectivity index (χ1v) is 11.3. The Balaban J connectivity index is 1.78. The molecule has 1 aromatic heterocycles. The monoisotopic (exact) mass is 455 g/mol. The van der Waals surface area contributed by atoms with Crippen LogP contribution in [-0.2, 0) is 13.6 Å². The Morgan fingerprint density at radius 3 is 2.24 bits per heavy atom. The number of methoxy groups -OCH3 is 1. The summed E-state index contributed by atoms with van der Waals surface area (Å²) in [6.45, 7) is 4.38. The van der Waals surface area contributed by atoms with Crippen LogP contribution in [0.15, 0.2) is 84.9 Å². The maximum atomic E-state index is 13.4. The van der Waals surface area contributed by atoms with E-state index in [1.807, 2.05) is 111 Å². The molecule has 0 N–H and O–H groups in total. The molecule has 3 aromatic carbocycles. The predicted octanol–water partition coefficient (Wildman–Crippen LogP) is 5.94. The molecular weight excluding hydrogens is 426 g/mol. The quantitative estimate of drug-likeness (QED) is 0.330. The van der Waals surface area contributed by atoms with Crippen molar-refractivity contribution in [2.24, 2.45) is 7.05 Å². The molecule has 1 heterocycles. The van der Waals surface area contributed by atoms with Crippen LogP contribution >= 0.6 is 0 Å². The van der Waals surface area contributed by atoms with Gasteiger partial charge in [-0.25, -0.2) is 4.68 Å². The van der Waals surface area contributed by atoms with E-state index < -0.39 is 0 Å². The van der Waals surface area contributed by atoms with Gasteiger partial charge in [-0.15, -0.1) is 0 Å². The topological polar surface area (TPSA) is 56.6 Å². The number of nitrogens with zero attached hydrogens (tertiary/aromatic N) is 3. The highest BCUT2D eigenvalue weighted by molar-refractivity contribution is 5.94. The summed E-state index contributed by atoms with van der Waals surface area (Å²) in [6.07, 6.45) is 0. The first-order chi connectivity index (χ1) is 16.5. The van der Waals surface area contributed by atoms with E-state index in [2.05, 4.69) is 0 Å². The number of aryl methyl sites for hydroxylation is 1. The third-order valence-electron chi connectivity index (χ3n) is 5.62. The molecule has 1 amide bonds. The minimum atomic E-state index is -0.0363. The molecule has 34 heavy (non-hydrogen) atoms.